The van der Waals surface area contributed by atoms with Gasteiger partial charge in [0, 0.05) is 19.8 Å². The zero-order valence-corrected chi connectivity index (χ0v) is 10.6. The van der Waals surface area contributed by atoms with Crippen LogP contribution in [0.1, 0.15) is 21.6 Å². The van der Waals surface area contributed by atoms with Crippen molar-refractivity contribution in [2.24, 2.45) is 7.05 Å². The molecule has 20 heavy (non-hydrogen) atoms. The number of amides is 1. The van der Waals surface area contributed by atoms with E-state index in [1.165, 1.54) is 23.0 Å². The van der Waals surface area contributed by atoms with E-state index in [1.807, 2.05) is 0 Å². The van der Waals surface area contributed by atoms with E-state index >= 15 is 0 Å². The van der Waals surface area contributed by atoms with Crippen LogP contribution >= 0.6 is 0 Å². The molecule has 2 aromatic rings. The van der Waals surface area contributed by atoms with Gasteiger partial charge in [0.25, 0.3) is 5.91 Å². The van der Waals surface area contributed by atoms with Gasteiger partial charge in [-0.25, -0.2) is 0 Å². The Morgan fingerprint density at radius 2 is 1.90 bits per heavy atom. The number of aromatic nitrogens is 2. The standard InChI is InChI=1S/C13H12F3N3O/c1-19-11(6-7-18-19)12(20)17-8-9-2-4-10(5-3-9)13(14,15)16/h2-7H,8H2,1H3,(H,17,20). The highest BCUT2D eigenvalue weighted by Gasteiger charge is 2.29. The molecule has 0 fully saturated rings. The summed E-state index contributed by atoms with van der Waals surface area (Å²) in [5.41, 5.74) is 0.268. The average molecular weight is 283 g/mol. The maximum Gasteiger partial charge on any atom is 0.416 e. The van der Waals surface area contributed by atoms with Crippen molar-refractivity contribution in [1.82, 2.24) is 15.1 Å². The van der Waals surface area contributed by atoms with Crippen LogP contribution in [0.3, 0.4) is 0 Å². The van der Waals surface area contributed by atoms with Crippen LogP contribution in [-0.2, 0) is 19.8 Å². The largest absolute Gasteiger partial charge is 0.416 e. The third kappa shape index (κ3) is 3.17. The van der Waals surface area contributed by atoms with Crippen LogP contribution in [-0.4, -0.2) is 15.7 Å². The molecule has 2 rings (SSSR count). The van der Waals surface area contributed by atoms with Crippen LogP contribution < -0.4 is 5.32 Å². The van der Waals surface area contributed by atoms with Crippen LogP contribution in [0.4, 0.5) is 13.2 Å². The zero-order chi connectivity index (χ0) is 14.8. The summed E-state index contributed by atoms with van der Waals surface area (Å²) < 4.78 is 38.6. The number of nitrogens with one attached hydrogen (secondary N) is 1. The minimum absolute atomic E-state index is 0.155. The fourth-order valence-electron chi connectivity index (χ4n) is 1.68. The van der Waals surface area contributed by atoms with Crippen LogP contribution in [0.15, 0.2) is 36.5 Å². The summed E-state index contributed by atoms with van der Waals surface area (Å²) in [5, 5.41) is 6.48. The summed E-state index contributed by atoms with van der Waals surface area (Å²) in [4.78, 5) is 11.8. The van der Waals surface area contributed by atoms with Crippen LogP contribution in [0.25, 0.3) is 0 Å². The minimum atomic E-state index is -4.35. The molecular formula is C13H12F3N3O. The molecule has 1 aromatic carbocycles. The van der Waals surface area contributed by atoms with Crippen molar-refractivity contribution in [1.29, 1.82) is 0 Å². The Morgan fingerprint density at radius 3 is 2.40 bits per heavy atom. The van der Waals surface area contributed by atoms with Gasteiger partial charge in [-0.1, -0.05) is 12.1 Å². The summed E-state index contributed by atoms with van der Waals surface area (Å²) in [6.45, 7) is 0.155. The fourth-order valence-corrected chi connectivity index (χ4v) is 1.68. The van der Waals surface area contributed by atoms with E-state index in [0.29, 0.717) is 11.3 Å². The van der Waals surface area contributed by atoms with Crippen LogP contribution in [0.5, 0.6) is 0 Å². The first-order valence-corrected chi connectivity index (χ1v) is 5.80. The molecule has 4 nitrogen and oxygen atoms in total. The van der Waals surface area contributed by atoms with Gasteiger partial charge in [0.05, 0.1) is 5.56 Å². The van der Waals surface area contributed by atoms with Crippen molar-refractivity contribution in [2.45, 2.75) is 12.7 Å². The number of alkyl halides is 3. The van der Waals surface area contributed by atoms with E-state index < -0.39 is 11.7 Å². The van der Waals surface area contributed by atoms with Crippen molar-refractivity contribution in [3.05, 3.63) is 53.3 Å². The Bertz CT molecular complexity index is 602. The highest BCUT2D eigenvalue weighted by molar-refractivity contribution is 5.92. The number of benzene rings is 1. The first kappa shape index (κ1) is 14.1. The summed E-state index contributed by atoms with van der Waals surface area (Å²) in [5.74, 6) is -0.329. The van der Waals surface area contributed by atoms with Gasteiger partial charge >= 0.3 is 6.18 Å². The summed E-state index contributed by atoms with van der Waals surface area (Å²) in [7, 11) is 1.63. The number of rotatable bonds is 3. The number of halogens is 3. The second-order valence-corrected chi connectivity index (χ2v) is 4.22. The molecule has 0 bridgehead atoms. The van der Waals surface area contributed by atoms with Crippen molar-refractivity contribution in [3.63, 3.8) is 0 Å². The first-order chi connectivity index (χ1) is 9.38. The Kier molecular flexibility index (Phi) is 3.78. The Labute approximate surface area is 113 Å². The van der Waals surface area contributed by atoms with E-state index in [-0.39, 0.29) is 12.5 Å². The number of hydrogen-bond donors (Lipinski definition) is 1. The number of nitrogens with zero attached hydrogens (tertiary/aromatic N) is 2. The van der Waals surface area contributed by atoms with Gasteiger partial charge < -0.3 is 5.32 Å². The molecule has 1 N–H and O–H groups in total. The van der Waals surface area contributed by atoms with Crippen LogP contribution in [0, 0.1) is 0 Å². The van der Waals surface area contributed by atoms with Gasteiger partial charge in [-0.05, 0) is 23.8 Å². The minimum Gasteiger partial charge on any atom is -0.347 e. The molecule has 0 radical (unpaired) electrons. The van der Waals surface area contributed by atoms with Gasteiger partial charge in [-0.15, -0.1) is 0 Å². The molecule has 0 saturated carbocycles. The smallest absolute Gasteiger partial charge is 0.347 e. The topological polar surface area (TPSA) is 46.9 Å². The Balaban J connectivity index is 1.98. The van der Waals surface area contributed by atoms with E-state index in [0.717, 1.165) is 12.1 Å². The van der Waals surface area contributed by atoms with E-state index in [9.17, 15) is 18.0 Å². The summed E-state index contributed by atoms with van der Waals surface area (Å²) in [6, 6.07) is 6.22. The quantitative estimate of drug-likeness (QED) is 0.940. The molecule has 0 atom stereocenters. The molecule has 0 unspecified atom stereocenters. The molecule has 1 heterocycles. The summed E-state index contributed by atoms with van der Waals surface area (Å²) >= 11 is 0. The molecule has 0 aliphatic heterocycles. The van der Waals surface area contributed by atoms with E-state index in [2.05, 4.69) is 10.4 Å². The van der Waals surface area contributed by atoms with Gasteiger partial charge in [0.15, 0.2) is 0 Å². The molecule has 7 heteroatoms. The predicted octanol–water partition coefficient (Wildman–Crippen LogP) is 2.37. The Morgan fingerprint density at radius 1 is 1.25 bits per heavy atom. The van der Waals surface area contributed by atoms with Gasteiger partial charge in [0.2, 0.25) is 0 Å². The maximum absolute atomic E-state index is 12.4. The van der Waals surface area contributed by atoms with Crippen molar-refractivity contribution >= 4 is 5.91 Å². The van der Waals surface area contributed by atoms with Crippen LogP contribution in [0.2, 0.25) is 0 Å². The normalized spacial score (nSPS) is 11.4. The molecule has 1 amide bonds. The van der Waals surface area contributed by atoms with E-state index in [4.69, 9.17) is 0 Å². The summed E-state index contributed by atoms with van der Waals surface area (Å²) in [6.07, 6.45) is -2.86. The second-order valence-electron chi connectivity index (χ2n) is 4.22. The van der Waals surface area contributed by atoms with Crippen molar-refractivity contribution in [2.75, 3.05) is 0 Å². The molecule has 0 spiro atoms. The third-order valence-corrected chi connectivity index (χ3v) is 2.79. The number of aryl methyl sites for hydroxylation is 1. The first-order valence-electron chi connectivity index (χ1n) is 5.80. The molecule has 0 aliphatic carbocycles. The lowest BCUT2D eigenvalue weighted by molar-refractivity contribution is -0.137. The fraction of sp³-hybridized carbons (Fsp3) is 0.231. The zero-order valence-electron chi connectivity index (χ0n) is 10.6. The highest BCUT2D eigenvalue weighted by atomic mass is 19.4. The average Bonchev–Trinajstić information content (AvgIpc) is 2.82. The Hall–Kier alpha value is -2.31. The van der Waals surface area contributed by atoms with Gasteiger partial charge in [0.1, 0.15) is 5.69 Å². The molecular weight excluding hydrogens is 271 g/mol. The molecule has 1 aromatic heterocycles. The lowest BCUT2D eigenvalue weighted by atomic mass is 10.1. The number of carbonyl (C=O) groups excluding carboxylic acids is 1. The van der Waals surface area contributed by atoms with Crippen molar-refractivity contribution < 1.29 is 18.0 Å². The lowest BCUT2D eigenvalue weighted by Crippen LogP contribution is -2.25. The lowest BCUT2D eigenvalue weighted by Gasteiger charge is -2.08. The molecule has 0 aliphatic rings. The van der Waals surface area contributed by atoms with E-state index in [1.54, 1.807) is 13.1 Å². The number of hydrogen-bond acceptors (Lipinski definition) is 2. The SMILES string of the molecule is Cn1nccc1C(=O)NCc1ccc(C(F)(F)F)cc1. The second kappa shape index (κ2) is 5.36. The third-order valence-electron chi connectivity index (χ3n) is 2.79. The maximum atomic E-state index is 12.4. The highest BCUT2D eigenvalue weighted by Crippen LogP contribution is 2.29. The monoisotopic (exact) mass is 283 g/mol. The van der Waals surface area contributed by atoms with Gasteiger partial charge in [-0.3, -0.25) is 9.48 Å². The number of carbonyl (C=O) groups is 1. The predicted molar refractivity (Wildman–Crippen MR) is 65.8 cm³/mol. The van der Waals surface area contributed by atoms with Crippen molar-refractivity contribution in [3.8, 4) is 0 Å². The molecule has 106 valence electrons. The molecule has 0 saturated heterocycles. The van der Waals surface area contributed by atoms with Gasteiger partial charge in [-0.2, -0.15) is 18.3 Å².